The van der Waals surface area contributed by atoms with Gasteiger partial charge in [0.15, 0.2) is 9.84 Å². The van der Waals surface area contributed by atoms with Gasteiger partial charge in [0.25, 0.3) is 0 Å². The highest BCUT2D eigenvalue weighted by Gasteiger charge is 2.16. The maximum absolute atomic E-state index is 12.2. The first-order valence-corrected chi connectivity index (χ1v) is 7.13. The summed E-state index contributed by atoms with van der Waals surface area (Å²) in [4.78, 5) is 4.37. The van der Waals surface area contributed by atoms with Gasteiger partial charge in [-0.05, 0) is 42.8 Å². The van der Waals surface area contributed by atoms with E-state index in [1.165, 1.54) is 12.1 Å². The van der Waals surface area contributed by atoms with Gasteiger partial charge in [-0.3, -0.25) is 4.98 Å². The topological polar surface area (TPSA) is 73.0 Å². The lowest BCUT2D eigenvalue weighted by Crippen LogP contribution is -2.07. The fourth-order valence-electron chi connectivity index (χ4n) is 1.61. The second-order valence-corrected chi connectivity index (χ2v) is 6.08. The molecule has 0 atom stereocenters. The molecule has 2 N–H and O–H groups in total. The van der Waals surface area contributed by atoms with E-state index in [1.807, 2.05) is 13.0 Å². The number of sulfone groups is 1. The van der Waals surface area contributed by atoms with Crippen LogP contribution in [0.3, 0.4) is 0 Å². The summed E-state index contributed by atoms with van der Waals surface area (Å²) in [5, 5.41) is 0. The zero-order valence-corrected chi connectivity index (χ0v) is 10.8. The number of nitrogens with zero attached hydrogens (tertiary/aromatic N) is 1. The minimum absolute atomic E-state index is 0.0937. The SMILES string of the molecule is Cc1cccnc1CS(=O)(=O)c1ccc(N)cc1. The highest BCUT2D eigenvalue weighted by molar-refractivity contribution is 7.90. The summed E-state index contributed by atoms with van der Waals surface area (Å²) in [5.41, 5.74) is 7.53. The maximum atomic E-state index is 12.2. The zero-order valence-electron chi connectivity index (χ0n) is 10.00. The molecule has 4 nitrogen and oxygen atoms in total. The number of nitrogen functional groups attached to an aromatic ring is 1. The third-order valence-corrected chi connectivity index (χ3v) is 4.33. The van der Waals surface area contributed by atoms with Gasteiger partial charge in [0, 0.05) is 11.9 Å². The quantitative estimate of drug-likeness (QED) is 0.858. The van der Waals surface area contributed by atoms with Crippen molar-refractivity contribution in [2.24, 2.45) is 0 Å². The van der Waals surface area contributed by atoms with E-state index >= 15 is 0 Å². The van der Waals surface area contributed by atoms with E-state index in [2.05, 4.69) is 4.98 Å². The summed E-state index contributed by atoms with van der Waals surface area (Å²) in [7, 11) is -3.37. The summed E-state index contributed by atoms with van der Waals surface area (Å²) in [6, 6.07) is 9.83. The average Bonchev–Trinajstić information content (AvgIpc) is 2.32. The van der Waals surface area contributed by atoms with Gasteiger partial charge in [-0.1, -0.05) is 6.07 Å². The third-order valence-electron chi connectivity index (χ3n) is 2.68. The van der Waals surface area contributed by atoms with E-state index in [-0.39, 0.29) is 10.6 Å². The van der Waals surface area contributed by atoms with Gasteiger partial charge in [0.1, 0.15) is 0 Å². The lowest BCUT2D eigenvalue weighted by molar-refractivity contribution is 0.594. The minimum Gasteiger partial charge on any atom is -0.399 e. The van der Waals surface area contributed by atoms with Crippen LogP contribution in [0.15, 0.2) is 47.5 Å². The summed E-state index contributed by atoms with van der Waals surface area (Å²) in [5.74, 6) is -0.0937. The fourth-order valence-corrected chi connectivity index (χ4v) is 2.99. The standard InChI is InChI=1S/C13H14N2O2S/c1-10-3-2-8-15-13(10)9-18(16,17)12-6-4-11(14)5-7-12/h2-8H,9,14H2,1H3. The molecule has 0 fully saturated rings. The Morgan fingerprint density at radius 2 is 1.83 bits per heavy atom. The van der Waals surface area contributed by atoms with Crippen LogP contribution in [0.25, 0.3) is 0 Å². The average molecular weight is 262 g/mol. The molecule has 1 heterocycles. The van der Waals surface area contributed by atoms with E-state index in [1.54, 1.807) is 24.4 Å². The highest BCUT2D eigenvalue weighted by atomic mass is 32.2. The number of nitrogens with two attached hydrogens (primary N) is 1. The van der Waals surface area contributed by atoms with Crippen LogP contribution < -0.4 is 5.73 Å². The van der Waals surface area contributed by atoms with Crippen molar-refractivity contribution in [1.29, 1.82) is 0 Å². The smallest absolute Gasteiger partial charge is 0.184 e. The molecule has 18 heavy (non-hydrogen) atoms. The van der Waals surface area contributed by atoms with Crippen LogP contribution >= 0.6 is 0 Å². The number of aryl methyl sites for hydroxylation is 1. The monoisotopic (exact) mass is 262 g/mol. The molecule has 0 saturated carbocycles. The Bertz CT molecular complexity index is 649. The van der Waals surface area contributed by atoms with Gasteiger partial charge >= 0.3 is 0 Å². The van der Waals surface area contributed by atoms with Crippen molar-refractivity contribution >= 4 is 15.5 Å². The summed E-state index contributed by atoms with van der Waals surface area (Å²) >= 11 is 0. The predicted molar refractivity (Wildman–Crippen MR) is 70.7 cm³/mol. The Morgan fingerprint density at radius 1 is 1.17 bits per heavy atom. The molecule has 5 heteroatoms. The van der Waals surface area contributed by atoms with Crippen molar-refractivity contribution in [2.45, 2.75) is 17.6 Å². The molecule has 1 aromatic heterocycles. The minimum atomic E-state index is -3.37. The molecular formula is C13H14N2O2S. The molecule has 0 amide bonds. The molecule has 0 aliphatic heterocycles. The van der Waals surface area contributed by atoms with Gasteiger partial charge in [0.05, 0.1) is 16.3 Å². The fraction of sp³-hybridized carbons (Fsp3) is 0.154. The predicted octanol–water partition coefficient (Wildman–Crippen LogP) is 1.95. The van der Waals surface area contributed by atoms with Crippen LogP contribution in [0, 0.1) is 6.92 Å². The molecule has 2 aromatic rings. The van der Waals surface area contributed by atoms with Crippen molar-refractivity contribution in [2.75, 3.05) is 5.73 Å². The van der Waals surface area contributed by atoms with Gasteiger partial charge in [-0.15, -0.1) is 0 Å². The Kier molecular flexibility index (Phi) is 3.34. The van der Waals surface area contributed by atoms with Crippen LogP contribution in [0.5, 0.6) is 0 Å². The Morgan fingerprint density at radius 3 is 2.44 bits per heavy atom. The van der Waals surface area contributed by atoms with Gasteiger partial charge < -0.3 is 5.73 Å². The Labute approximate surface area is 106 Å². The van der Waals surface area contributed by atoms with Crippen LogP contribution in [-0.2, 0) is 15.6 Å². The summed E-state index contributed by atoms with van der Waals surface area (Å²) < 4.78 is 24.4. The van der Waals surface area contributed by atoms with Gasteiger partial charge in [-0.25, -0.2) is 8.42 Å². The first-order valence-electron chi connectivity index (χ1n) is 5.48. The number of hydrogen-bond acceptors (Lipinski definition) is 4. The number of benzene rings is 1. The molecule has 1 aromatic carbocycles. The first-order chi connectivity index (χ1) is 8.49. The normalized spacial score (nSPS) is 11.4. The second-order valence-electron chi connectivity index (χ2n) is 4.10. The molecule has 0 radical (unpaired) electrons. The van der Waals surface area contributed by atoms with Crippen LogP contribution in [0.1, 0.15) is 11.3 Å². The molecule has 0 spiro atoms. The third kappa shape index (κ3) is 2.68. The van der Waals surface area contributed by atoms with E-state index in [4.69, 9.17) is 5.73 Å². The van der Waals surface area contributed by atoms with Crippen molar-refractivity contribution in [1.82, 2.24) is 4.98 Å². The largest absolute Gasteiger partial charge is 0.399 e. The maximum Gasteiger partial charge on any atom is 0.184 e. The van der Waals surface area contributed by atoms with E-state index in [9.17, 15) is 8.42 Å². The number of pyridine rings is 1. The van der Waals surface area contributed by atoms with Crippen LogP contribution in [-0.4, -0.2) is 13.4 Å². The zero-order chi connectivity index (χ0) is 13.2. The number of hydrogen-bond donors (Lipinski definition) is 1. The summed E-state index contributed by atoms with van der Waals surface area (Å²) in [6.07, 6.45) is 1.60. The second kappa shape index (κ2) is 4.78. The number of rotatable bonds is 3. The van der Waals surface area contributed by atoms with Gasteiger partial charge in [0.2, 0.25) is 0 Å². The molecule has 0 saturated heterocycles. The van der Waals surface area contributed by atoms with E-state index in [0.717, 1.165) is 5.56 Å². The number of aromatic nitrogens is 1. The molecule has 2 rings (SSSR count). The van der Waals surface area contributed by atoms with Crippen molar-refractivity contribution in [3.05, 3.63) is 53.9 Å². The Hall–Kier alpha value is -1.88. The van der Waals surface area contributed by atoms with Crippen LogP contribution in [0.2, 0.25) is 0 Å². The molecule has 0 aliphatic carbocycles. The Balaban J connectivity index is 2.33. The van der Waals surface area contributed by atoms with Crippen LogP contribution in [0.4, 0.5) is 5.69 Å². The first kappa shape index (κ1) is 12.6. The van der Waals surface area contributed by atoms with Crippen molar-refractivity contribution < 1.29 is 8.42 Å². The summed E-state index contributed by atoms with van der Waals surface area (Å²) in [6.45, 7) is 1.85. The van der Waals surface area contributed by atoms with Crippen molar-refractivity contribution in [3.63, 3.8) is 0 Å². The highest BCUT2D eigenvalue weighted by Crippen LogP contribution is 2.18. The van der Waals surface area contributed by atoms with E-state index < -0.39 is 9.84 Å². The molecular weight excluding hydrogens is 248 g/mol. The number of anilines is 1. The molecule has 0 bridgehead atoms. The molecule has 0 unspecified atom stereocenters. The molecule has 0 aliphatic rings. The lowest BCUT2D eigenvalue weighted by atomic mass is 10.2. The van der Waals surface area contributed by atoms with Gasteiger partial charge in [-0.2, -0.15) is 0 Å². The molecule has 94 valence electrons. The van der Waals surface area contributed by atoms with Crippen molar-refractivity contribution in [3.8, 4) is 0 Å². The van der Waals surface area contributed by atoms with E-state index in [0.29, 0.717) is 11.4 Å². The lowest BCUT2D eigenvalue weighted by Gasteiger charge is -2.06.